The summed E-state index contributed by atoms with van der Waals surface area (Å²) in [5.41, 5.74) is 1.13. The molecule has 0 spiro atoms. The first-order chi connectivity index (χ1) is 5.79. The van der Waals surface area contributed by atoms with Gasteiger partial charge >= 0.3 is 0 Å². The maximum absolute atomic E-state index is 3.89. The van der Waals surface area contributed by atoms with E-state index in [0.29, 0.717) is 6.04 Å². The SMILES string of the molecule is CNC(CSC)c1cnnn1C. The Labute approximate surface area is 76.7 Å². The molecule has 1 N–H and O–H groups in total. The third-order valence-electron chi connectivity index (χ3n) is 1.79. The van der Waals surface area contributed by atoms with Gasteiger partial charge in [0, 0.05) is 12.8 Å². The van der Waals surface area contributed by atoms with Crippen LogP contribution in [0.25, 0.3) is 0 Å². The minimum absolute atomic E-state index is 0.347. The molecule has 1 aromatic rings. The molecule has 1 unspecified atom stereocenters. The van der Waals surface area contributed by atoms with Crippen LogP contribution in [0.1, 0.15) is 11.7 Å². The molecule has 1 heterocycles. The molecule has 0 aliphatic heterocycles. The summed E-state index contributed by atoms with van der Waals surface area (Å²) in [5.74, 6) is 1.04. The van der Waals surface area contributed by atoms with Crippen molar-refractivity contribution in [1.82, 2.24) is 20.3 Å². The molecule has 0 saturated carbocycles. The van der Waals surface area contributed by atoms with Crippen molar-refractivity contribution in [3.8, 4) is 0 Å². The van der Waals surface area contributed by atoms with E-state index < -0.39 is 0 Å². The van der Waals surface area contributed by atoms with Crippen LogP contribution in [0.4, 0.5) is 0 Å². The minimum Gasteiger partial charge on any atom is -0.311 e. The number of aromatic nitrogens is 3. The topological polar surface area (TPSA) is 42.7 Å². The average molecular weight is 186 g/mol. The van der Waals surface area contributed by atoms with Crippen molar-refractivity contribution in [3.63, 3.8) is 0 Å². The van der Waals surface area contributed by atoms with Gasteiger partial charge in [0.1, 0.15) is 0 Å². The maximum Gasteiger partial charge on any atom is 0.0761 e. The number of rotatable bonds is 4. The van der Waals surface area contributed by atoms with Gasteiger partial charge in [0.2, 0.25) is 0 Å². The summed E-state index contributed by atoms with van der Waals surface area (Å²) in [6, 6.07) is 0.347. The summed E-state index contributed by atoms with van der Waals surface area (Å²) >= 11 is 1.81. The van der Waals surface area contributed by atoms with E-state index in [1.807, 2.05) is 25.9 Å². The minimum atomic E-state index is 0.347. The van der Waals surface area contributed by atoms with Crippen LogP contribution in [-0.4, -0.2) is 34.1 Å². The van der Waals surface area contributed by atoms with E-state index in [2.05, 4.69) is 21.9 Å². The Hall–Kier alpha value is -0.550. The molecule has 5 heteroatoms. The quantitative estimate of drug-likeness (QED) is 0.741. The highest BCUT2D eigenvalue weighted by molar-refractivity contribution is 7.98. The molecule has 0 bridgehead atoms. The lowest BCUT2D eigenvalue weighted by Crippen LogP contribution is -2.21. The van der Waals surface area contributed by atoms with Gasteiger partial charge in [0.15, 0.2) is 0 Å². The Morgan fingerprint density at radius 2 is 2.50 bits per heavy atom. The zero-order chi connectivity index (χ0) is 8.97. The lowest BCUT2D eigenvalue weighted by molar-refractivity contribution is 0.580. The lowest BCUT2D eigenvalue weighted by atomic mass is 10.2. The number of thioether (sulfide) groups is 1. The Bertz CT molecular complexity index is 235. The van der Waals surface area contributed by atoms with Crippen molar-refractivity contribution < 1.29 is 0 Å². The highest BCUT2D eigenvalue weighted by Crippen LogP contribution is 2.13. The van der Waals surface area contributed by atoms with Crippen molar-refractivity contribution >= 4 is 11.8 Å². The molecule has 0 radical (unpaired) electrons. The molecule has 0 fully saturated rings. The standard InChI is InChI=1S/C7H14N4S/c1-8-6(5-12-3)7-4-9-10-11(7)2/h4,6,8H,5H2,1-3H3. The van der Waals surface area contributed by atoms with Crippen LogP contribution in [-0.2, 0) is 7.05 Å². The summed E-state index contributed by atoms with van der Waals surface area (Å²) in [7, 11) is 3.86. The van der Waals surface area contributed by atoms with Crippen LogP contribution < -0.4 is 5.32 Å². The van der Waals surface area contributed by atoms with E-state index in [4.69, 9.17) is 0 Å². The van der Waals surface area contributed by atoms with E-state index >= 15 is 0 Å². The molecular formula is C7H14N4S. The predicted molar refractivity (Wildman–Crippen MR) is 51.2 cm³/mol. The van der Waals surface area contributed by atoms with Crippen LogP contribution in [0.15, 0.2) is 6.20 Å². The van der Waals surface area contributed by atoms with Crippen molar-refractivity contribution in [2.24, 2.45) is 7.05 Å². The van der Waals surface area contributed by atoms with Gasteiger partial charge in [-0.3, -0.25) is 4.68 Å². The fourth-order valence-electron chi connectivity index (χ4n) is 1.10. The second-order valence-corrected chi connectivity index (χ2v) is 3.49. The van der Waals surface area contributed by atoms with E-state index in [1.54, 1.807) is 10.9 Å². The second kappa shape index (κ2) is 4.47. The van der Waals surface area contributed by atoms with E-state index in [0.717, 1.165) is 11.4 Å². The molecule has 0 saturated heterocycles. The first-order valence-electron chi connectivity index (χ1n) is 3.80. The van der Waals surface area contributed by atoms with Gasteiger partial charge in [-0.1, -0.05) is 5.21 Å². The summed E-state index contributed by atoms with van der Waals surface area (Å²) in [6.45, 7) is 0. The zero-order valence-corrected chi connectivity index (χ0v) is 8.43. The molecule has 4 nitrogen and oxygen atoms in total. The number of hydrogen-bond acceptors (Lipinski definition) is 4. The molecule has 1 aromatic heterocycles. The molecule has 68 valence electrons. The monoisotopic (exact) mass is 186 g/mol. The average Bonchev–Trinajstić information content (AvgIpc) is 2.47. The zero-order valence-electron chi connectivity index (χ0n) is 7.61. The van der Waals surface area contributed by atoms with Crippen molar-refractivity contribution in [2.45, 2.75) is 6.04 Å². The third-order valence-corrected chi connectivity index (χ3v) is 2.45. The smallest absolute Gasteiger partial charge is 0.0761 e. The molecule has 1 atom stereocenters. The number of nitrogens with one attached hydrogen (secondary N) is 1. The van der Waals surface area contributed by atoms with Gasteiger partial charge in [0.25, 0.3) is 0 Å². The summed E-state index contributed by atoms with van der Waals surface area (Å²) in [5, 5.41) is 10.9. The highest BCUT2D eigenvalue weighted by Gasteiger charge is 2.11. The van der Waals surface area contributed by atoms with Gasteiger partial charge in [0.05, 0.1) is 17.9 Å². The number of hydrogen-bond donors (Lipinski definition) is 1. The lowest BCUT2D eigenvalue weighted by Gasteiger charge is -2.13. The molecule has 1 rings (SSSR count). The molecule has 0 aliphatic rings. The summed E-state index contributed by atoms with van der Waals surface area (Å²) in [4.78, 5) is 0. The Balaban J connectivity index is 2.72. The first-order valence-corrected chi connectivity index (χ1v) is 5.19. The largest absolute Gasteiger partial charge is 0.311 e. The normalized spacial score (nSPS) is 13.2. The third kappa shape index (κ3) is 1.98. The van der Waals surface area contributed by atoms with Gasteiger partial charge in [-0.15, -0.1) is 5.10 Å². The first kappa shape index (κ1) is 9.54. The van der Waals surface area contributed by atoms with E-state index in [9.17, 15) is 0 Å². The van der Waals surface area contributed by atoms with E-state index in [1.165, 1.54) is 0 Å². The molecular weight excluding hydrogens is 172 g/mol. The van der Waals surface area contributed by atoms with Crippen LogP contribution in [0.2, 0.25) is 0 Å². The molecule has 0 aromatic carbocycles. The second-order valence-electron chi connectivity index (χ2n) is 2.58. The molecule has 0 aliphatic carbocycles. The fourth-order valence-corrected chi connectivity index (χ4v) is 1.77. The van der Waals surface area contributed by atoms with Gasteiger partial charge < -0.3 is 5.32 Å². The maximum atomic E-state index is 3.89. The molecule has 12 heavy (non-hydrogen) atoms. The predicted octanol–water partition coefficient (Wildman–Crippen LogP) is 0.439. The van der Waals surface area contributed by atoms with Crippen LogP contribution in [0, 0.1) is 0 Å². The Morgan fingerprint density at radius 1 is 1.75 bits per heavy atom. The molecule has 0 amide bonds. The van der Waals surface area contributed by atoms with Crippen LogP contribution >= 0.6 is 11.8 Å². The highest BCUT2D eigenvalue weighted by atomic mass is 32.2. The van der Waals surface area contributed by atoms with Gasteiger partial charge in [-0.2, -0.15) is 11.8 Å². The van der Waals surface area contributed by atoms with Gasteiger partial charge in [-0.25, -0.2) is 0 Å². The Kier molecular flexibility index (Phi) is 3.55. The van der Waals surface area contributed by atoms with Gasteiger partial charge in [-0.05, 0) is 13.3 Å². The van der Waals surface area contributed by atoms with E-state index in [-0.39, 0.29) is 0 Å². The van der Waals surface area contributed by atoms with Crippen molar-refractivity contribution in [1.29, 1.82) is 0 Å². The van der Waals surface area contributed by atoms with Crippen LogP contribution in [0.3, 0.4) is 0 Å². The van der Waals surface area contributed by atoms with Crippen molar-refractivity contribution in [2.75, 3.05) is 19.1 Å². The summed E-state index contributed by atoms with van der Waals surface area (Å²) < 4.78 is 1.80. The van der Waals surface area contributed by atoms with Crippen LogP contribution in [0.5, 0.6) is 0 Å². The Morgan fingerprint density at radius 3 is 2.92 bits per heavy atom. The number of nitrogens with zero attached hydrogens (tertiary/aromatic N) is 3. The fraction of sp³-hybridized carbons (Fsp3) is 0.714. The van der Waals surface area contributed by atoms with Crippen molar-refractivity contribution in [3.05, 3.63) is 11.9 Å². The summed E-state index contributed by atoms with van der Waals surface area (Å²) in [6.07, 6.45) is 3.89. The number of aryl methyl sites for hydroxylation is 1.